The topological polar surface area (TPSA) is 21.1 Å². The molecule has 28 heavy (non-hydrogen) atoms. The molecule has 0 saturated carbocycles. The van der Waals surface area contributed by atoms with Crippen LogP contribution in [0.2, 0.25) is 0 Å². The summed E-state index contributed by atoms with van der Waals surface area (Å²) in [5.41, 5.74) is 4.48. The molecule has 0 N–H and O–H groups in total. The quantitative estimate of drug-likeness (QED) is 0.447. The Labute approximate surface area is 164 Å². The number of halogens is 1. The molecule has 4 aromatic rings. The van der Waals surface area contributed by atoms with E-state index in [0.717, 1.165) is 23.0 Å². The summed E-state index contributed by atoms with van der Waals surface area (Å²) in [5.74, 6) is -0.238. The Hall–Kier alpha value is -3.14. The number of hydrogen-bond donors (Lipinski definition) is 0. The van der Waals surface area contributed by atoms with Gasteiger partial charge in [0.1, 0.15) is 5.82 Å². The molecule has 0 radical (unpaired) electrons. The van der Waals surface area contributed by atoms with Crippen LogP contribution in [0.25, 0.3) is 16.6 Å². The Bertz CT molecular complexity index is 1100. The van der Waals surface area contributed by atoms with Gasteiger partial charge in [-0.05, 0) is 67.8 Å². The van der Waals surface area contributed by atoms with Gasteiger partial charge in [-0.1, -0.05) is 30.3 Å². The molecule has 1 saturated heterocycles. The zero-order valence-electron chi connectivity index (χ0n) is 15.8. The molecule has 1 aromatic heterocycles. The monoisotopic (exact) mass is 371 g/mol. The average molecular weight is 371 g/mol. The second-order valence-corrected chi connectivity index (χ2v) is 7.54. The van der Waals surface area contributed by atoms with Crippen LogP contribution in [0.1, 0.15) is 31.4 Å². The lowest BCUT2D eigenvalue weighted by Crippen LogP contribution is -2.29. The summed E-state index contributed by atoms with van der Waals surface area (Å²) in [6.07, 6.45) is 4.24. The van der Waals surface area contributed by atoms with Crippen LogP contribution in [0.5, 0.6) is 0 Å². The summed E-state index contributed by atoms with van der Waals surface area (Å²) in [6, 6.07) is 24.6. The third-order valence-corrected chi connectivity index (χ3v) is 5.77. The lowest BCUT2D eigenvalue weighted by Gasteiger charge is -2.31. The molecular weight excluding hydrogens is 349 g/mol. The first-order chi connectivity index (χ1) is 13.7. The summed E-state index contributed by atoms with van der Waals surface area (Å²) in [6.45, 7) is 2.30. The maximum absolute atomic E-state index is 13.2. The largest absolute Gasteiger partial charge is 0.362 e. The molecule has 3 aromatic carbocycles. The van der Waals surface area contributed by atoms with Crippen LogP contribution < -0.4 is 4.90 Å². The van der Waals surface area contributed by atoms with E-state index in [2.05, 4.69) is 65.5 Å². The highest BCUT2D eigenvalue weighted by Crippen LogP contribution is 2.40. The fourth-order valence-corrected chi connectivity index (χ4v) is 4.39. The molecule has 1 fully saturated rings. The summed E-state index contributed by atoms with van der Waals surface area (Å²) in [4.78, 5) is 2.53. The molecule has 0 spiro atoms. The third kappa shape index (κ3) is 2.85. The minimum atomic E-state index is -0.238. The maximum Gasteiger partial charge on any atom is 0.123 e. The standard InChI is InChI=1S/C24H22FN3/c1-17-7-13-23(18-5-3-2-4-6-18)27(17)22-12-14-24-19(15-22)16-26-28(24)21-10-8-20(25)9-11-21/h2-6,8-12,14-17,23H,7,13H2,1H3/t17-,23-/m0/s1. The molecular formula is C24H22FN3. The Balaban J connectivity index is 1.54. The second-order valence-electron chi connectivity index (χ2n) is 7.54. The minimum absolute atomic E-state index is 0.238. The van der Waals surface area contributed by atoms with E-state index in [1.807, 2.05) is 10.9 Å². The van der Waals surface area contributed by atoms with Crippen molar-refractivity contribution in [3.8, 4) is 5.69 Å². The van der Waals surface area contributed by atoms with Gasteiger partial charge in [0.05, 0.1) is 23.4 Å². The molecule has 1 aliphatic rings. The molecule has 0 amide bonds. The Kier molecular flexibility index (Phi) is 4.12. The van der Waals surface area contributed by atoms with Crippen LogP contribution in [-0.2, 0) is 0 Å². The van der Waals surface area contributed by atoms with Gasteiger partial charge in [0, 0.05) is 17.1 Å². The van der Waals surface area contributed by atoms with Gasteiger partial charge < -0.3 is 4.90 Å². The highest BCUT2D eigenvalue weighted by molar-refractivity contribution is 5.84. The normalized spacial score (nSPS) is 19.4. The number of benzene rings is 3. The Morgan fingerprint density at radius 1 is 0.893 bits per heavy atom. The van der Waals surface area contributed by atoms with Crippen molar-refractivity contribution in [3.05, 3.63) is 90.4 Å². The van der Waals surface area contributed by atoms with E-state index < -0.39 is 0 Å². The van der Waals surface area contributed by atoms with Crippen LogP contribution in [-0.4, -0.2) is 15.8 Å². The SMILES string of the molecule is C[C@H]1CC[C@@H](c2ccccc2)N1c1ccc2c(cnn2-c2ccc(F)cc2)c1. The van der Waals surface area contributed by atoms with E-state index in [-0.39, 0.29) is 5.82 Å². The number of nitrogens with zero attached hydrogens (tertiary/aromatic N) is 3. The minimum Gasteiger partial charge on any atom is -0.362 e. The smallest absolute Gasteiger partial charge is 0.123 e. The molecule has 1 aliphatic heterocycles. The Morgan fingerprint density at radius 2 is 1.64 bits per heavy atom. The van der Waals surface area contributed by atoms with Crippen LogP contribution in [0.4, 0.5) is 10.1 Å². The van der Waals surface area contributed by atoms with Crippen molar-refractivity contribution in [2.24, 2.45) is 0 Å². The zero-order valence-corrected chi connectivity index (χ0v) is 15.8. The predicted molar refractivity (Wildman–Crippen MR) is 111 cm³/mol. The van der Waals surface area contributed by atoms with Crippen molar-refractivity contribution in [2.45, 2.75) is 31.8 Å². The summed E-state index contributed by atoms with van der Waals surface area (Å²) in [5, 5.41) is 5.63. The van der Waals surface area contributed by atoms with Crippen LogP contribution in [0.3, 0.4) is 0 Å². The van der Waals surface area contributed by atoms with Crippen LogP contribution in [0, 0.1) is 5.82 Å². The fourth-order valence-electron chi connectivity index (χ4n) is 4.39. The van der Waals surface area contributed by atoms with Gasteiger partial charge in [-0.3, -0.25) is 0 Å². The highest BCUT2D eigenvalue weighted by Gasteiger charge is 2.31. The first-order valence-electron chi connectivity index (χ1n) is 9.78. The van der Waals surface area contributed by atoms with Gasteiger partial charge in [0.15, 0.2) is 0 Å². The number of fused-ring (bicyclic) bond motifs is 1. The van der Waals surface area contributed by atoms with Crippen molar-refractivity contribution in [1.29, 1.82) is 0 Å². The van der Waals surface area contributed by atoms with Crippen molar-refractivity contribution in [2.75, 3.05) is 4.90 Å². The first kappa shape index (κ1) is 17.0. The van der Waals surface area contributed by atoms with Crippen LogP contribution >= 0.6 is 0 Å². The third-order valence-electron chi connectivity index (χ3n) is 5.77. The second kappa shape index (κ2) is 6.79. The van der Waals surface area contributed by atoms with E-state index in [1.54, 1.807) is 12.1 Å². The molecule has 2 atom stereocenters. The fraction of sp³-hybridized carbons (Fsp3) is 0.208. The van der Waals surface area contributed by atoms with E-state index in [1.165, 1.54) is 29.8 Å². The predicted octanol–water partition coefficient (Wildman–Crippen LogP) is 5.89. The number of hydrogen-bond acceptors (Lipinski definition) is 2. The van der Waals surface area contributed by atoms with Crippen LogP contribution in [0.15, 0.2) is 79.0 Å². The maximum atomic E-state index is 13.2. The Morgan fingerprint density at radius 3 is 2.43 bits per heavy atom. The number of aromatic nitrogens is 2. The van der Waals surface area contributed by atoms with E-state index in [9.17, 15) is 4.39 Å². The van der Waals surface area contributed by atoms with Crippen molar-refractivity contribution in [1.82, 2.24) is 9.78 Å². The van der Waals surface area contributed by atoms with E-state index in [0.29, 0.717) is 12.1 Å². The number of anilines is 1. The van der Waals surface area contributed by atoms with Gasteiger partial charge >= 0.3 is 0 Å². The summed E-state index contributed by atoms with van der Waals surface area (Å²) >= 11 is 0. The lowest BCUT2D eigenvalue weighted by molar-refractivity contribution is 0.627. The van der Waals surface area contributed by atoms with Crippen molar-refractivity contribution in [3.63, 3.8) is 0 Å². The molecule has 5 rings (SSSR count). The van der Waals surface area contributed by atoms with Crippen molar-refractivity contribution < 1.29 is 4.39 Å². The van der Waals surface area contributed by atoms with Gasteiger partial charge in [-0.15, -0.1) is 0 Å². The molecule has 0 unspecified atom stereocenters. The molecule has 2 heterocycles. The molecule has 140 valence electrons. The van der Waals surface area contributed by atoms with Gasteiger partial charge in [-0.25, -0.2) is 9.07 Å². The van der Waals surface area contributed by atoms with E-state index in [4.69, 9.17) is 0 Å². The summed E-state index contributed by atoms with van der Waals surface area (Å²) in [7, 11) is 0. The molecule has 0 bridgehead atoms. The van der Waals surface area contributed by atoms with Gasteiger partial charge in [0.2, 0.25) is 0 Å². The average Bonchev–Trinajstić information content (AvgIpc) is 3.32. The van der Waals surface area contributed by atoms with Crippen molar-refractivity contribution >= 4 is 16.6 Å². The first-order valence-corrected chi connectivity index (χ1v) is 9.78. The lowest BCUT2D eigenvalue weighted by atomic mass is 10.0. The molecule has 4 heteroatoms. The van der Waals surface area contributed by atoms with Gasteiger partial charge in [-0.2, -0.15) is 5.10 Å². The van der Waals surface area contributed by atoms with E-state index >= 15 is 0 Å². The zero-order chi connectivity index (χ0) is 19.1. The van der Waals surface area contributed by atoms with Gasteiger partial charge in [0.25, 0.3) is 0 Å². The summed E-state index contributed by atoms with van der Waals surface area (Å²) < 4.78 is 15.1. The highest BCUT2D eigenvalue weighted by atomic mass is 19.1. The molecule has 3 nitrogen and oxygen atoms in total. The number of rotatable bonds is 3. The molecule has 0 aliphatic carbocycles.